The van der Waals surface area contributed by atoms with E-state index in [1.54, 1.807) is 6.33 Å². The standard InChI is InChI=1S/C13H14N2O2/c1-15-8-14-12-9(3-2-4-10(12)15)13(5-6-13)7-11(16)17/h2-4,8H,5-7H2,1H3,(H,16,17). The van der Waals surface area contributed by atoms with Gasteiger partial charge in [0.2, 0.25) is 0 Å². The molecule has 0 radical (unpaired) electrons. The van der Waals surface area contributed by atoms with Gasteiger partial charge in [-0.15, -0.1) is 0 Å². The van der Waals surface area contributed by atoms with Gasteiger partial charge in [-0.2, -0.15) is 0 Å². The molecule has 88 valence electrons. The zero-order chi connectivity index (χ0) is 12.0. The highest BCUT2D eigenvalue weighted by atomic mass is 16.4. The minimum absolute atomic E-state index is 0.167. The van der Waals surface area contributed by atoms with Gasteiger partial charge in [0, 0.05) is 12.5 Å². The molecular formula is C13H14N2O2. The zero-order valence-electron chi connectivity index (χ0n) is 9.68. The summed E-state index contributed by atoms with van der Waals surface area (Å²) >= 11 is 0. The van der Waals surface area contributed by atoms with Gasteiger partial charge in [-0.05, 0) is 24.5 Å². The lowest BCUT2D eigenvalue weighted by Crippen LogP contribution is -2.13. The Bertz CT molecular complexity index is 596. The first kappa shape index (κ1) is 10.3. The van der Waals surface area contributed by atoms with Gasteiger partial charge in [-0.3, -0.25) is 4.79 Å². The quantitative estimate of drug-likeness (QED) is 0.878. The van der Waals surface area contributed by atoms with Crippen LogP contribution in [0.4, 0.5) is 0 Å². The molecule has 0 amide bonds. The first-order chi connectivity index (χ1) is 8.12. The summed E-state index contributed by atoms with van der Waals surface area (Å²) in [6.07, 6.45) is 3.90. The Morgan fingerprint density at radius 2 is 2.29 bits per heavy atom. The number of imidazole rings is 1. The summed E-state index contributed by atoms with van der Waals surface area (Å²) in [5, 5.41) is 9.00. The van der Waals surface area contributed by atoms with E-state index in [0.717, 1.165) is 29.4 Å². The lowest BCUT2D eigenvalue weighted by molar-refractivity contribution is -0.137. The number of aromatic nitrogens is 2. The first-order valence-electron chi connectivity index (χ1n) is 5.75. The van der Waals surface area contributed by atoms with Crippen LogP contribution in [0, 0.1) is 0 Å². The van der Waals surface area contributed by atoms with Crippen molar-refractivity contribution in [2.24, 2.45) is 7.05 Å². The molecule has 1 aliphatic rings. The molecule has 0 spiro atoms. The molecule has 0 saturated heterocycles. The Morgan fingerprint density at radius 1 is 1.53 bits per heavy atom. The maximum atomic E-state index is 10.9. The van der Waals surface area contributed by atoms with Crippen LogP contribution < -0.4 is 0 Å². The van der Waals surface area contributed by atoms with Crippen LogP contribution in [0.3, 0.4) is 0 Å². The van der Waals surface area contributed by atoms with Gasteiger partial charge in [0.15, 0.2) is 0 Å². The highest BCUT2D eigenvalue weighted by molar-refractivity contribution is 5.82. The average Bonchev–Trinajstić information content (AvgIpc) is 2.96. The fourth-order valence-corrected chi connectivity index (χ4v) is 2.57. The SMILES string of the molecule is Cn1cnc2c(C3(CC(=O)O)CC3)cccc21. The highest BCUT2D eigenvalue weighted by Gasteiger charge is 2.47. The van der Waals surface area contributed by atoms with Crippen LogP contribution in [0.1, 0.15) is 24.8 Å². The third kappa shape index (κ3) is 1.52. The fraction of sp³-hybridized carbons (Fsp3) is 0.385. The topological polar surface area (TPSA) is 55.1 Å². The van der Waals surface area contributed by atoms with Crippen molar-refractivity contribution in [2.45, 2.75) is 24.7 Å². The largest absolute Gasteiger partial charge is 0.481 e. The predicted octanol–water partition coefficient (Wildman–Crippen LogP) is 2.08. The third-order valence-corrected chi connectivity index (χ3v) is 3.67. The third-order valence-electron chi connectivity index (χ3n) is 3.67. The van der Waals surface area contributed by atoms with Gasteiger partial charge in [0.05, 0.1) is 23.8 Å². The van der Waals surface area contributed by atoms with E-state index in [-0.39, 0.29) is 11.8 Å². The van der Waals surface area contributed by atoms with E-state index in [9.17, 15) is 4.79 Å². The molecule has 4 nitrogen and oxygen atoms in total. The predicted molar refractivity (Wildman–Crippen MR) is 63.9 cm³/mol. The van der Waals surface area contributed by atoms with Crippen molar-refractivity contribution >= 4 is 17.0 Å². The molecule has 1 aliphatic carbocycles. The van der Waals surface area contributed by atoms with Gasteiger partial charge >= 0.3 is 5.97 Å². The lowest BCUT2D eigenvalue weighted by Gasteiger charge is -2.13. The summed E-state index contributed by atoms with van der Waals surface area (Å²) in [7, 11) is 1.95. The first-order valence-corrected chi connectivity index (χ1v) is 5.75. The van der Waals surface area contributed by atoms with Gasteiger partial charge in [0.1, 0.15) is 0 Å². The number of para-hydroxylation sites is 1. The second-order valence-corrected chi connectivity index (χ2v) is 4.88. The second kappa shape index (κ2) is 3.32. The van der Waals surface area contributed by atoms with Gasteiger partial charge in [-0.25, -0.2) is 4.98 Å². The van der Waals surface area contributed by atoms with Gasteiger partial charge < -0.3 is 9.67 Å². The van der Waals surface area contributed by atoms with Crippen LogP contribution in [-0.4, -0.2) is 20.6 Å². The van der Waals surface area contributed by atoms with Crippen molar-refractivity contribution in [1.82, 2.24) is 9.55 Å². The Labute approximate surface area is 98.9 Å². The molecule has 0 aliphatic heterocycles. The molecule has 0 unspecified atom stereocenters. The molecule has 1 heterocycles. The Kier molecular flexibility index (Phi) is 2.02. The summed E-state index contributed by atoms with van der Waals surface area (Å²) in [5.74, 6) is -0.726. The van der Waals surface area contributed by atoms with E-state index >= 15 is 0 Å². The molecule has 1 fully saturated rings. The average molecular weight is 230 g/mol. The number of aryl methyl sites for hydroxylation is 1. The van der Waals surface area contributed by atoms with E-state index in [4.69, 9.17) is 5.11 Å². The number of aliphatic carboxylic acids is 1. The van der Waals surface area contributed by atoms with E-state index in [1.165, 1.54) is 0 Å². The van der Waals surface area contributed by atoms with Crippen molar-refractivity contribution in [3.05, 3.63) is 30.1 Å². The smallest absolute Gasteiger partial charge is 0.304 e. The van der Waals surface area contributed by atoms with Crippen molar-refractivity contribution in [3.63, 3.8) is 0 Å². The summed E-state index contributed by atoms with van der Waals surface area (Å²) < 4.78 is 1.97. The number of benzene rings is 1. The van der Waals surface area contributed by atoms with Crippen LogP contribution in [-0.2, 0) is 17.3 Å². The number of fused-ring (bicyclic) bond motifs is 1. The van der Waals surface area contributed by atoms with Crippen LogP contribution in [0.25, 0.3) is 11.0 Å². The Hall–Kier alpha value is -1.84. The lowest BCUT2D eigenvalue weighted by atomic mass is 9.91. The van der Waals surface area contributed by atoms with Crippen LogP contribution in [0.2, 0.25) is 0 Å². The van der Waals surface area contributed by atoms with Crippen molar-refractivity contribution in [2.75, 3.05) is 0 Å². The molecule has 1 aromatic carbocycles. The summed E-state index contributed by atoms with van der Waals surface area (Å²) in [4.78, 5) is 15.3. The Balaban J connectivity index is 2.15. The molecule has 4 heteroatoms. The minimum Gasteiger partial charge on any atom is -0.481 e. The molecular weight excluding hydrogens is 216 g/mol. The van der Waals surface area contributed by atoms with Crippen molar-refractivity contribution in [3.8, 4) is 0 Å². The van der Waals surface area contributed by atoms with E-state index < -0.39 is 5.97 Å². The number of carbonyl (C=O) groups is 1. The highest BCUT2D eigenvalue weighted by Crippen LogP contribution is 2.52. The summed E-state index contributed by atoms with van der Waals surface area (Å²) in [5.41, 5.74) is 2.95. The molecule has 1 saturated carbocycles. The summed E-state index contributed by atoms with van der Waals surface area (Å²) in [6, 6.07) is 6.02. The number of nitrogens with zero attached hydrogens (tertiary/aromatic N) is 2. The van der Waals surface area contributed by atoms with Crippen LogP contribution >= 0.6 is 0 Å². The molecule has 1 N–H and O–H groups in total. The number of carboxylic acids is 1. The van der Waals surface area contributed by atoms with E-state index in [0.29, 0.717) is 0 Å². The zero-order valence-corrected chi connectivity index (χ0v) is 9.68. The normalized spacial score (nSPS) is 17.2. The van der Waals surface area contributed by atoms with Crippen LogP contribution in [0.5, 0.6) is 0 Å². The van der Waals surface area contributed by atoms with Gasteiger partial charge in [0.25, 0.3) is 0 Å². The number of hydrogen-bond acceptors (Lipinski definition) is 2. The molecule has 2 aromatic rings. The molecule has 17 heavy (non-hydrogen) atoms. The van der Waals surface area contributed by atoms with E-state index in [2.05, 4.69) is 4.98 Å². The fourth-order valence-electron chi connectivity index (χ4n) is 2.57. The molecule has 3 rings (SSSR count). The number of rotatable bonds is 3. The number of carboxylic acid groups (broad SMARTS) is 1. The minimum atomic E-state index is -0.726. The Morgan fingerprint density at radius 3 is 2.94 bits per heavy atom. The second-order valence-electron chi connectivity index (χ2n) is 4.88. The van der Waals surface area contributed by atoms with Gasteiger partial charge in [-0.1, -0.05) is 12.1 Å². The van der Waals surface area contributed by atoms with Crippen molar-refractivity contribution < 1.29 is 9.90 Å². The maximum Gasteiger partial charge on any atom is 0.304 e. The maximum absolute atomic E-state index is 10.9. The number of hydrogen-bond donors (Lipinski definition) is 1. The molecule has 0 bridgehead atoms. The van der Waals surface area contributed by atoms with Crippen LogP contribution in [0.15, 0.2) is 24.5 Å². The van der Waals surface area contributed by atoms with E-state index in [1.807, 2.05) is 29.8 Å². The monoisotopic (exact) mass is 230 g/mol. The summed E-state index contributed by atoms with van der Waals surface area (Å²) in [6.45, 7) is 0. The molecule has 1 aromatic heterocycles. The van der Waals surface area contributed by atoms with Crippen molar-refractivity contribution in [1.29, 1.82) is 0 Å². The molecule has 0 atom stereocenters.